The summed E-state index contributed by atoms with van der Waals surface area (Å²) in [6.07, 6.45) is 1.11. The molecular weight excluding hydrogens is 296 g/mol. The van der Waals surface area contributed by atoms with Gasteiger partial charge in [0, 0.05) is 24.0 Å². The van der Waals surface area contributed by atoms with E-state index in [0.717, 1.165) is 10.2 Å². The second kappa shape index (κ2) is 6.75. The number of benzene rings is 1. The lowest BCUT2D eigenvalue weighted by Gasteiger charge is -2.20. The largest absolute Gasteiger partial charge is 0.495 e. The molecule has 0 aromatic heterocycles. The Morgan fingerprint density at radius 3 is 2.78 bits per heavy atom. The summed E-state index contributed by atoms with van der Waals surface area (Å²) in [4.78, 5) is 13.6. The Hall–Kier alpha value is -1.07. The van der Waals surface area contributed by atoms with Crippen LogP contribution in [0.2, 0.25) is 0 Å². The standard InChI is InChI=1S/C13H19BrN2O2/c1-9(15)4-7-13(17)16(2)11-8-10(14)5-6-12(11)18-3/h5-6,8-9H,4,7,15H2,1-3H3. The second-order valence-electron chi connectivity index (χ2n) is 4.28. The number of carbonyl (C=O) groups excluding carboxylic acids is 1. The zero-order valence-corrected chi connectivity index (χ0v) is 12.5. The Morgan fingerprint density at radius 2 is 2.22 bits per heavy atom. The van der Waals surface area contributed by atoms with Gasteiger partial charge in [-0.3, -0.25) is 4.79 Å². The maximum absolute atomic E-state index is 12.0. The number of hydrogen-bond acceptors (Lipinski definition) is 3. The minimum absolute atomic E-state index is 0.0312. The molecule has 0 aliphatic rings. The van der Waals surface area contributed by atoms with Crippen molar-refractivity contribution in [2.24, 2.45) is 5.73 Å². The summed E-state index contributed by atoms with van der Waals surface area (Å²) in [5.41, 5.74) is 6.41. The predicted octanol–water partition coefficient (Wildman–Crippen LogP) is 2.55. The van der Waals surface area contributed by atoms with Gasteiger partial charge in [-0.25, -0.2) is 0 Å². The van der Waals surface area contributed by atoms with E-state index in [-0.39, 0.29) is 11.9 Å². The van der Waals surface area contributed by atoms with Gasteiger partial charge in [0.1, 0.15) is 5.75 Å². The van der Waals surface area contributed by atoms with E-state index in [9.17, 15) is 4.79 Å². The molecule has 1 rings (SSSR count). The van der Waals surface area contributed by atoms with Crippen molar-refractivity contribution in [1.29, 1.82) is 0 Å². The molecule has 5 heteroatoms. The van der Waals surface area contributed by atoms with Crippen molar-refractivity contribution < 1.29 is 9.53 Å². The van der Waals surface area contributed by atoms with E-state index in [1.807, 2.05) is 25.1 Å². The fourth-order valence-electron chi connectivity index (χ4n) is 1.58. The zero-order valence-electron chi connectivity index (χ0n) is 10.9. The Labute approximate surface area is 116 Å². The number of halogens is 1. The molecule has 0 saturated carbocycles. The molecule has 1 atom stereocenters. The van der Waals surface area contributed by atoms with Crippen LogP contribution in [0.5, 0.6) is 5.75 Å². The van der Waals surface area contributed by atoms with Gasteiger partial charge in [-0.2, -0.15) is 0 Å². The highest BCUT2D eigenvalue weighted by Gasteiger charge is 2.15. The maximum Gasteiger partial charge on any atom is 0.226 e. The summed E-state index contributed by atoms with van der Waals surface area (Å²) in [7, 11) is 3.33. The first kappa shape index (κ1) is 15.0. The van der Waals surface area contributed by atoms with Gasteiger partial charge in [0.25, 0.3) is 0 Å². The van der Waals surface area contributed by atoms with E-state index >= 15 is 0 Å². The van der Waals surface area contributed by atoms with Gasteiger partial charge < -0.3 is 15.4 Å². The van der Waals surface area contributed by atoms with Crippen molar-refractivity contribution in [3.05, 3.63) is 22.7 Å². The first-order valence-corrected chi connectivity index (χ1v) is 6.60. The molecule has 0 heterocycles. The van der Waals surface area contributed by atoms with Gasteiger partial charge in [-0.1, -0.05) is 15.9 Å². The summed E-state index contributed by atoms with van der Waals surface area (Å²) in [6, 6.07) is 5.60. The van der Waals surface area contributed by atoms with Crippen LogP contribution >= 0.6 is 15.9 Å². The Bertz CT molecular complexity index is 421. The molecule has 2 N–H and O–H groups in total. The molecule has 0 aliphatic carbocycles. The van der Waals surface area contributed by atoms with Gasteiger partial charge in [-0.15, -0.1) is 0 Å². The van der Waals surface area contributed by atoms with Gasteiger partial charge >= 0.3 is 0 Å². The third-order valence-corrected chi connectivity index (χ3v) is 3.18. The molecule has 0 bridgehead atoms. The van der Waals surface area contributed by atoms with Crippen molar-refractivity contribution in [3.8, 4) is 5.75 Å². The van der Waals surface area contributed by atoms with Crippen LogP contribution in [-0.4, -0.2) is 26.1 Å². The molecule has 1 amide bonds. The van der Waals surface area contributed by atoms with Crippen LogP contribution in [0.4, 0.5) is 5.69 Å². The molecule has 4 nitrogen and oxygen atoms in total. The number of hydrogen-bond donors (Lipinski definition) is 1. The number of methoxy groups -OCH3 is 1. The van der Waals surface area contributed by atoms with Crippen LogP contribution in [0.3, 0.4) is 0 Å². The topological polar surface area (TPSA) is 55.6 Å². The Kier molecular flexibility index (Phi) is 5.62. The molecule has 1 unspecified atom stereocenters. The quantitative estimate of drug-likeness (QED) is 0.908. The number of nitrogens with two attached hydrogens (primary N) is 1. The van der Waals surface area contributed by atoms with E-state index in [4.69, 9.17) is 10.5 Å². The molecule has 0 aliphatic heterocycles. The highest BCUT2D eigenvalue weighted by atomic mass is 79.9. The van der Waals surface area contributed by atoms with Crippen molar-refractivity contribution in [3.63, 3.8) is 0 Å². The summed E-state index contributed by atoms with van der Waals surface area (Å²) in [5, 5.41) is 0. The average molecular weight is 315 g/mol. The lowest BCUT2D eigenvalue weighted by Crippen LogP contribution is -2.28. The van der Waals surface area contributed by atoms with Gasteiger partial charge in [0.2, 0.25) is 5.91 Å². The summed E-state index contributed by atoms with van der Waals surface area (Å²) < 4.78 is 6.17. The van der Waals surface area contributed by atoms with Crippen LogP contribution in [-0.2, 0) is 4.79 Å². The van der Waals surface area contributed by atoms with Gasteiger partial charge in [0.05, 0.1) is 12.8 Å². The van der Waals surface area contributed by atoms with Crippen molar-refractivity contribution in [2.45, 2.75) is 25.8 Å². The van der Waals surface area contributed by atoms with E-state index in [2.05, 4.69) is 15.9 Å². The number of amides is 1. The van der Waals surface area contributed by atoms with E-state index in [1.165, 1.54) is 0 Å². The van der Waals surface area contributed by atoms with Crippen molar-refractivity contribution in [1.82, 2.24) is 0 Å². The normalized spacial score (nSPS) is 12.1. The van der Waals surface area contributed by atoms with Crippen LogP contribution < -0.4 is 15.4 Å². The molecule has 1 aromatic rings. The van der Waals surface area contributed by atoms with Gasteiger partial charge in [0.15, 0.2) is 0 Å². The van der Waals surface area contributed by atoms with Crippen molar-refractivity contribution >= 4 is 27.5 Å². The Morgan fingerprint density at radius 1 is 1.56 bits per heavy atom. The van der Waals surface area contributed by atoms with Crippen molar-refractivity contribution in [2.75, 3.05) is 19.1 Å². The fraction of sp³-hybridized carbons (Fsp3) is 0.462. The maximum atomic E-state index is 12.0. The lowest BCUT2D eigenvalue weighted by atomic mass is 10.1. The molecule has 0 saturated heterocycles. The molecule has 18 heavy (non-hydrogen) atoms. The highest BCUT2D eigenvalue weighted by Crippen LogP contribution is 2.31. The molecule has 0 fully saturated rings. The first-order chi connectivity index (χ1) is 8.45. The molecular formula is C13H19BrN2O2. The fourth-order valence-corrected chi connectivity index (χ4v) is 1.93. The molecule has 1 aromatic carbocycles. The zero-order chi connectivity index (χ0) is 13.7. The van der Waals surface area contributed by atoms with Crippen LogP contribution in [0, 0.1) is 0 Å². The molecule has 100 valence electrons. The minimum Gasteiger partial charge on any atom is -0.495 e. The first-order valence-electron chi connectivity index (χ1n) is 5.81. The summed E-state index contributed by atoms with van der Waals surface area (Å²) in [5.74, 6) is 0.707. The van der Waals surface area contributed by atoms with E-state index < -0.39 is 0 Å². The van der Waals surface area contributed by atoms with Crippen LogP contribution in [0.1, 0.15) is 19.8 Å². The monoisotopic (exact) mass is 314 g/mol. The molecule has 0 spiro atoms. The number of anilines is 1. The number of ether oxygens (including phenoxy) is 1. The smallest absolute Gasteiger partial charge is 0.226 e. The predicted molar refractivity (Wildman–Crippen MR) is 77.0 cm³/mol. The summed E-state index contributed by atoms with van der Waals surface area (Å²) >= 11 is 3.39. The van der Waals surface area contributed by atoms with Crippen LogP contribution in [0.15, 0.2) is 22.7 Å². The van der Waals surface area contributed by atoms with E-state index in [0.29, 0.717) is 18.6 Å². The van der Waals surface area contributed by atoms with Gasteiger partial charge in [-0.05, 0) is 31.5 Å². The number of carbonyl (C=O) groups is 1. The Balaban J connectivity index is 2.85. The number of rotatable bonds is 5. The highest BCUT2D eigenvalue weighted by molar-refractivity contribution is 9.10. The minimum atomic E-state index is 0.0312. The third kappa shape index (κ3) is 3.99. The average Bonchev–Trinajstić information content (AvgIpc) is 2.34. The second-order valence-corrected chi connectivity index (χ2v) is 5.20. The molecule has 0 radical (unpaired) electrons. The van der Waals surface area contributed by atoms with Crippen LogP contribution in [0.25, 0.3) is 0 Å². The van der Waals surface area contributed by atoms with E-state index in [1.54, 1.807) is 19.1 Å². The lowest BCUT2D eigenvalue weighted by molar-refractivity contribution is -0.118. The summed E-state index contributed by atoms with van der Waals surface area (Å²) in [6.45, 7) is 1.90. The third-order valence-electron chi connectivity index (χ3n) is 2.69. The SMILES string of the molecule is COc1ccc(Br)cc1N(C)C(=O)CCC(C)N. The number of nitrogens with zero attached hydrogens (tertiary/aromatic N) is 1.